The number of carbonyl (C=O) groups is 3. The zero-order valence-electron chi connectivity index (χ0n) is 23.0. The molecule has 0 unspecified atom stereocenters. The van der Waals surface area contributed by atoms with Gasteiger partial charge in [0.05, 0.1) is 28.2 Å². The molecule has 0 radical (unpaired) electrons. The maximum atomic E-state index is 13.3. The fourth-order valence-corrected chi connectivity index (χ4v) is 5.49. The largest absolute Gasteiger partial charge is 0.508 e. The zero-order chi connectivity index (χ0) is 30.6. The highest BCUT2D eigenvalue weighted by molar-refractivity contribution is 8.14. The first-order valence-corrected chi connectivity index (χ1v) is 14.5. The number of pyridine rings is 1. The van der Waals surface area contributed by atoms with Gasteiger partial charge in [-0.2, -0.15) is 0 Å². The van der Waals surface area contributed by atoms with E-state index in [1.807, 2.05) is 18.2 Å². The first-order valence-electron chi connectivity index (χ1n) is 13.5. The average molecular weight is 601 g/mol. The molecule has 4 aromatic carbocycles. The second-order valence-electron chi connectivity index (χ2n) is 9.78. The first kappa shape index (κ1) is 28.4. The zero-order valence-corrected chi connectivity index (χ0v) is 23.9. The molecule has 2 amide bonds. The molecular formula is C34H24N4O5S. The lowest BCUT2D eigenvalue weighted by Crippen LogP contribution is -2.31. The molecule has 44 heavy (non-hydrogen) atoms. The van der Waals surface area contributed by atoms with Crippen molar-refractivity contribution in [2.24, 2.45) is 4.99 Å². The van der Waals surface area contributed by atoms with Crippen LogP contribution in [0.1, 0.15) is 15.9 Å². The third kappa shape index (κ3) is 6.06. The van der Waals surface area contributed by atoms with E-state index in [2.05, 4.69) is 15.3 Å². The molecule has 1 aliphatic heterocycles. The van der Waals surface area contributed by atoms with Gasteiger partial charge in [0, 0.05) is 16.6 Å². The molecule has 10 heteroatoms. The van der Waals surface area contributed by atoms with Crippen LogP contribution >= 0.6 is 11.8 Å². The van der Waals surface area contributed by atoms with E-state index in [0.717, 1.165) is 11.8 Å². The molecular weight excluding hydrogens is 576 g/mol. The van der Waals surface area contributed by atoms with Crippen LogP contribution in [0.2, 0.25) is 0 Å². The maximum Gasteiger partial charge on any atom is 0.336 e. The number of amidine groups is 1. The van der Waals surface area contributed by atoms with Gasteiger partial charge in [0.1, 0.15) is 11.4 Å². The predicted molar refractivity (Wildman–Crippen MR) is 173 cm³/mol. The topological polar surface area (TPSA) is 132 Å². The third-order valence-corrected chi connectivity index (χ3v) is 7.72. The van der Waals surface area contributed by atoms with Crippen molar-refractivity contribution < 1.29 is 24.6 Å². The lowest BCUT2D eigenvalue weighted by atomic mass is 10.0. The molecule has 0 saturated heterocycles. The third-order valence-electron chi connectivity index (χ3n) is 6.78. The molecule has 0 spiro atoms. The van der Waals surface area contributed by atoms with Gasteiger partial charge in [-0.3, -0.25) is 14.5 Å². The van der Waals surface area contributed by atoms with Crippen LogP contribution in [0, 0.1) is 0 Å². The summed E-state index contributed by atoms with van der Waals surface area (Å²) < 4.78 is 0. The number of hydrogen-bond acceptors (Lipinski definition) is 7. The number of carboxylic acids is 1. The van der Waals surface area contributed by atoms with Crippen molar-refractivity contribution in [3.8, 4) is 17.0 Å². The lowest BCUT2D eigenvalue weighted by molar-refractivity contribution is -0.114. The Labute approximate surface area is 256 Å². The summed E-state index contributed by atoms with van der Waals surface area (Å²) in [6.45, 7) is 0. The fraction of sp³-hybridized carbons (Fsp3) is 0.0294. The number of amides is 2. The predicted octanol–water partition coefficient (Wildman–Crippen LogP) is 6.42. The van der Waals surface area contributed by atoms with E-state index in [1.54, 1.807) is 84.9 Å². The summed E-state index contributed by atoms with van der Waals surface area (Å²) in [5.41, 5.74) is 4.05. The minimum atomic E-state index is -1.03. The highest BCUT2D eigenvalue weighted by atomic mass is 32.2. The number of thioether (sulfide) groups is 1. The number of hydrogen-bond donors (Lipinski definition) is 3. The van der Waals surface area contributed by atoms with Gasteiger partial charge in [-0.1, -0.05) is 72.4 Å². The molecule has 0 bridgehead atoms. The molecule has 0 saturated carbocycles. The maximum absolute atomic E-state index is 13.3. The van der Waals surface area contributed by atoms with Crippen LogP contribution in [0.4, 0.5) is 11.4 Å². The SMILES string of the molecule is O=C(CSC1=N/C(=C\c2ccc(O)cc2)C(=O)N1c1ccccc1)Nc1ccc(-c2cc(C(=O)O)c3ccccc3n2)cc1. The number of benzene rings is 4. The van der Waals surface area contributed by atoms with E-state index < -0.39 is 5.97 Å². The van der Waals surface area contributed by atoms with Crippen LogP contribution in [-0.2, 0) is 9.59 Å². The number of carbonyl (C=O) groups excluding carboxylic acids is 2. The minimum Gasteiger partial charge on any atom is -0.508 e. The van der Waals surface area contributed by atoms with Gasteiger partial charge in [-0.05, 0) is 60.2 Å². The van der Waals surface area contributed by atoms with Crippen LogP contribution in [0.25, 0.3) is 28.2 Å². The number of aromatic carboxylic acids is 1. The average Bonchev–Trinajstić information content (AvgIpc) is 3.35. The summed E-state index contributed by atoms with van der Waals surface area (Å²) in [5, 5.41) is 23.1. The Morgan fingerprint density at radius 1 is 0.886 bits per heavy atom. The van der Waals surface area contributed by atoms with Crippen molar-refractivity contribution in [3.63, 3.8) is 0 Å². The molecule has 216 valence electrons. The van der Waals surface area contributed by atoms with E-state index in [1.165, 1.54) is 17.0 Å². The van der Waals surface area contributed by atoms with Gasteiger partial charge in [0.2, 0.25) is 5.91 Å². The van der Waals surface area contributed by atoms with Crippen LogP contribution in [0.5, 0.6) is 5.75 Å². The van der Waals surface area contributed by atoms with Crippen LogP contribution in [0.15, 0.2) is 120 Å². The number of fused-ring (bicyclic) bond motifs is 1. The summed E-state index contributed by atoms with van der Waals surface area (Å²) >= 11 is 1.14. The Morgan fingerprint density at radius 2 is 1.59 bits per heavy atom. The van der Waals surface area contributed by atoms with Crippen molar-refractivity contribution in [1.29, 1.82) is 0 Å². The van der Waals surface area contributed by atoms with E-state index in [4.69, 9.17) is 0 Å². The summed E-state index contributed by atoms with van der Waals surface area (Å²) in [5.74, 6) is -1.53. The van der Waals surface area contributed by atoms with Gasteiger partial charge in [-0.25, -0.2) is 14.8 Å². The summed E-state index contributed by atoms with van der Waals surface area (Å²) in [6.07, 6.45) is 1.64. The molecule has 1 aromatic heterocycles. The van der Waals surface area contributed by atoms with Crippen molar-refractivity contribution in [2.75, 3.05) is 16.0 Å². The quantitative estimate of drug-likeness (QED) is 0.184. The number of aromatic nitrogens is 1. The monoisotopic (exact) mass is 600 g/mol. The number of phenols is 1. The van der Waals surface area contributed by atoms with Crippen LogP contribution in [-0.4, -0.2) is 43.9 Å². The number of carboxylic acid groups (broad SMARTS) is 1. The van der Waals surface area contributed by atoms with Crippen LogP contribution in [0.3, 0.4) is 0 Å². The summed E-state index contributed by atoms with van der Waals surface area (Å²) in [4.78, 5) is 48.7. The minimum absolute atomic E-state index is 0.00209. The van der Waals surface area contributed by atoms with Crippen molar-refractivity contribution in [2.45, 2.75) is 0 Å². The molecule has 9 nitrogen and oxygen atoms in total. The van der Waals surface area contributed by atoms with Gasteiger partial charge < -0.3 is 15.5 Å². The first-order chi connectivity index (χ1) is 21.4. The van der Waals surface area contributed by atoms with E-state index in [9.17, 15) is 24.6 Å². The summed E-state index contributed by atoms with van der Waals surface area (Å²) in [7, 11) is 0. The van der Waals surface area contributed by atoms with Gasteiger partial charge in [0.25, 0.3) is 5.91 Å². The number of aliphatic imine (C=N–C) groups is 1. The normalized spacial score (nSPS) is 13.7. The Kier molecular flexibility index (Phi) is 7.90. The summed E-state index contributed by atoms with van der Waals surface area (Å²) in [6, 6.07) is 31.1. The Bertz CT molecular complexity index is 1960. The number of rotatable bonds is 7. The molecule has 6 rings (SSSR count). The number of nitrogens with zero attached hydrogens (tertiary/aromatic N) is 3. The van der Waals surface area contributed by atoms with Crippen LogP contribution < -0.4 is 10.2 Å². The highest BCUT2D eigenvalue weighted by Crippen LogP contribution is 2.30. The molecule has 0 fully saturated rings. The number of nitrogens with one attached hydrogen (secondary N) is 1. The van der Waals surface area contributed by atoms with Gasteiger partial charge in [-0.15, -0.1) is 0 Å². The van der Waals surface area contributed by atoms with Crippen molar-refractivity contribution >= 4 is 63.1 Å². The van der Waals surface area contributed by atoms with Crippen molar-refractivity contribution in [1.82, 2.24) is 4.98 Å². The molecule has 3 N–H and O–H groups in total. The van der Waals surface area contributed by atoms with E-state index in [-0.39, 0.29) is 34.6 Å². The van der Waals surface area contributed by atoms with Crippen molar-refractivity contribution in [3.05, 3.63) is 126 Å². The molecule has 0 atom stereocenters. The molecule has 5 aromatic rings. The Morgan fingerprint density at radius 3 is 2.32 bits per heavy atom. The fourth-order valence-electron chi connectivity index (χ4n) is 4.68. The smallest absolute Gasteiger partial charge is 0.336 e. The van der Waals surface area contributed by atoms with E-state index in [0.29, 0.717) is 44.3 Å². The highest BCUT2D eigenvalue weighted by Gasteiger charge is 2.32. The Balaban J connectivity index is 1.17. The second-order valence-corrected chi connectivity index (χ2v) is 10.7. The number of para-hydroxylation sites is 2. The van der Waals surface area contributed by atoms with Gasteiger partial charge in [0.15, 0.2) is 5.17 Å². The molecule has 0 aliphatic carbocycles. The molecule has 2 heterocycles. The number of anilines is 2. The number of phenolic OH excluding ortho intramolecular Hbond substituents is 1. The molecule has 1 aliphatic rings. The Hall–Kier alpha value is -5.74. The second kappa shape index (κ2) is 12.2. The van der Waals surface area contributed by atoms with E-state index >= 15 is 0 Å². The lowest BCUT2D eigenvalue weighted by Gasteiger charge is -2.17. The number of aromatic hydroxyl groups is 1. The van der Waals surface area contributed by atoms with Gasteiger partial charge >= 0.3 is 5.97 Å². The standard InChI is InChI=1S/C34H24N4O5S/c39-25-16-10-21(11-17-25)18-30-32(41)38(24-6-2-1-3-7-24)34(37-30)44-20-31(40)35-23-14-12-22(13-15-23)29-19-27(33(42)43)26-8-4-5-9-28(26)36-29/h1-19,39H,20H2,(H,35,40)(H,42,43)/b30-18-.